The number of carbonyl (C=O) groups is 1. The van der Waals surface area contributed by atoms with E-state index in [0.29, 0.717) is 33.9 Å². The van der Waals surface area contributed by atoms with Gasteiger partial charge in [-0.2, -0.15) is 0 Å². The van der Waals surface area contributed by atoms with Gasteiger partial charge in [0.25, 0.3) is 5.91 Å². The number of nitrogens with zero attached hydrogens (tertiary/aromatic N) is 1. The van der Waals surface area contributed by atoms with Gasteiger partial charge in [0.2, 0.25) is 0 Å². The fraction of sp³-hybridized carbons (Fsp3) is 0.280. The van der Waals surface area contributed by atoms with E-state index in [1.165, 1.54) is 11.3 Å². The second-order valence-corrected chi connectivity index (χ2v) is 9.13. The van der Waals surface area contributed by atoms with E-state index in [1.54, 1.807) is 26.4 Å². The number of amides is 1. The van der Waals surface area contributed by atoms with E-state index in [9.17, 15) is 9.59 Å². The Bertz CT molecular complexity index is 1430. The number of hydrogen-bond acceptors (Lipinski definition) is 6. The molecule has 1 aliphatic heterocycles. The molecule has 0 saturated heterocycles. The Hall–Kier alpha value is -3.32. The molecule has 0 radical (unpaired) electrons. The molecule has 1 aliphatic rings. The molecule has 7 heteroatoms. The number of ether oxygens (including phenoxy) is 2. The van der Waals surface area contributed by atoms with Crippen LogP contribution < -0.4 is 15.1 Å². The quantitative estimate of drug-likeness (QED) is 0.408. The Morgan fingerprint density at radius 1 is 1.09 bits per heavy atom. The molecule has 3 heterocycles. The first-order chi connectivity index (χ1) is 15.4. The van der Waals surface area contributed by atoms with Gasteiger partial charge in [-0.1, -0.05) is 11.6 Å². The normalized spacial score (nSPS) is 15.8. The second kappa shape index (κ2) is 7.67. The molecular formula is C25H23NO5S. The van der Waals surface area contributed by atoms with Gasteiger partial charge in [0.1, 0.15) is 5.58 Å². The summed E-state index contributed by atoms with van der Waals surface area (Å²) in [6, 6.07) is 11.2. The van der Waals surface area contributed by atoms with E-state index >= 15 is 0 Å². The van der Waals surface area contributed by atoms with Crippen molar-refractivity contribution >= 4 is 38.3 Å². The zero-order valence-electron chi connectivity index (χ0n) is 18.4. The summed E-state index contributed by atoms with van der Waals surface area (Å²) in [5, 5.41) is 1.31. The van der Waals surface area contributed by atoms with Gasteiger partial charge in [-0.3, -0.25) is 4.79 Å². The average Bonchev–Trinajstić information content (AvgIpc) is 3.25. The molecule has 0 fully saturated rings. The van der Waals surface area contributed by atoms with E-state index in [2.05, 4.69) is 0 Å². The van der Waals surface area contributed by atoms with Crippen molar-refractivity contribution in [3.8, 4) is 11.5 Å². The topological polar surface area (TPSA) is 69.0 Å². The smallest absolute Gasteiger partial charge is 0.345 e. The highest BCUT2D eigenvalue weighted by molar-refractivity contribution is 7.21. The van der Waals surface area contributed by atoms with Crippen LogP contribution in [-0.2, 0) is 6.42 Å². The Morgan fingerprint density at radius 3 is 2.59 bits per heavy atom. The van der Waals surface area contributed by atoms with E-state index in [0.717, 1.165) is 33.2 Å². The van der Waals surface area contributed by atoms with Crippen LogP contribution in [0.1, 0.15) is 39.3 Å². The summed E-state index contributed by atoms with van der Waals surface area (Å²) in [6.45, 7) is 4.60. The number of thiophene rings is 1. The largest absolute Gasteiger partial charge is 0.493 e. The van der Waals surface area contributed by atoms with Crippen LogP contribution in [0.3, 0.4) is 0 Å². The predicted molar refractivity (Wildman–Crippen MR) is 125 cm³/mol. The first-order valence-electron chi connectivity index (χ1n) is 10.4. The van der Waals surface area contributed by atoms with Crippen LogP contribution in [0, 0.1) is 6.92 Å². The van der Waals surface area contributed by atoms with Crippen LogP contribution in [0.4, 0.5) is 0 Å². The first kappa shape index (κ1) is 20.6. The van der Waals surface area contributed by atoms with Crippen molar-refractivity contribution in [2.24, 2.45) is 0 Å². The molecule has 0 bridgehead atoms. The summed E-state index contributed by atoms with van der Waals surface area (Å²) in [7, 11) is 3.23. The van der Waals surface area contributed by atoms with Gasteiger partial charge in [-0.25, -0.2) is 4.79 Å². The monoisotopic (exact) mass is 449 g/mol. The van der Waals surface area contributed by atoms with Crippen LogP contribution in [-0.4, -0.2) is 31.6 Å². The Balaban J connectivity index is 1.56. The van der Waals surface area contributed by atoms with Crippen molar-refractivity contribution in [1.82, 2.24) is 4.90 Å². The fourth-order valence-corrected chi connectivity index (χ4v) is 5.60. The molecule has 6 nitrogen and oxygen atoms in total. The fourth-order valence-electron chi connectivity index (χ4n) is 4.48. The molecule has 1 atom stereocenters. The van der Waals surface area contributed by atoms with Gasteiger partial charge in [0.15, 0.2) is 11.5 Å². The molecule has 1 amide bonds. The SMILES string of the molecule is COc1cc2c(cc1OC)[C@@H](C)N(C(=O)c1cc3c(=O)oc4ccc(C)cc4c3s1)CC2. The van der Waals surface area contributed by atoms with Crippen LogP contribution >= 0.6 is 11.3 Å². The lowest BCUT2D eigenvalue weighted by molar-refractivity contribution is 0.0682. The van der Waals surface area contributed by atoms with Gasteiger partial charge in [-0.15, -0.1) is 11.3 Å². The maximum atomic E-state index is 13.5. The van der Waals surface area contributed by atoms with Gasteiger partial charge in [-0.05, 0) is 61.7 Å². The highest BCUT2D eigenvalue weighted by Gasteiger charge is 2.31. The lowest BCUT2D eigenvalue weighted by Gasteiger charge is -2.35. The lowest BCUT2D eigenvalue weighted by Crippen LogP contribution is -2.38. The molecule has 0 spiro atoms. The zero-order chi connectivity index (χ0) is 22.6. The maximum Gasteiger partial charge on any atom is 0.345 e. The van der Waals surface area contributed by atoms with Crippen LogP contribution in [0.2, 0.25) is 0 Å². The van der Waals surface area contributed by atoms with Crippen molar-refractivity contribution in [3.63, 3.8) is 0 Å². The number of fused-ring (bicyclic) bond motifs is 4. The molecule has 0 unspecified atom stereocenters. The second-order valence-electron chi connectivity index (χ2n) is 8.07. The summed E-state index contributed by atoms with van der Waals surface area (Å²) >= 11 is 1.35. The molecule has 164 valence electrons. The van der Waals surface area contributed by atoms with Crippen LogP contribution in [0.5, 0.6) is 11.5 Å². The van der Waals surface area contributed by atoms with Crippen LogP contribution in [0.25, 0.3) is 21.1 Å². The van der Waals surface area contributed by atoms with Crippen LogP contribution in [0.15, 0.2) is 45.6 Å². The number of methoxy groups -OCH3 is 2. The third-order valence-electron chi connectivity index (χ3n) is 6.19. The zero-order valence-corrected chi connectivity index (χ0v) is 19.2. The lowest BCUT2D eigenvalue weighted by atomic mass is 9.92. The predicted octanol–water partition coefficient (Wildman–Crippen LogP) is 5.09. The minimum absolute atomic E-state index is 0.0839. The summed E-state index contributed by atoms with van der Waals surface area (Å²) < 4.78 is 17.2. The number of benzene rings is 2. The minimum atomic E-state index is -0.416. The molecular weight excluding hydrogens is 426 g/mol. The van der Waals surface area contributed by atoms with Crippen molar-refractivity contribution in [3.05, 3.63) is 68.4 Å². The van der Waals surface area contributed by atoms with Gasteiger partial charge < -0.3 is 18.8 Å². The third kappa shape index (κ3) is 3.15. The summed E-state index contributed by atoms with van der Waals surface area (Å²) in [6.07, 6.45) is 0.723. The number of carbonyl (C=O) groups excluding carboxylic acids is 1. The molecule has 0 aliphatic carbocycles. The van der Waals surface area contributed by atoms with Crippen molar-refractivity contribution in [2.45, 2.75) is 26.3 Å². The summed E-state index contributed by atoms with van der Waals surface area (Å²) in [4.78, 5) is 28.5. The highest BCUT2D eigenvalue weighted by atomic mass is 32.1. The molecule has 4 aromatic rings. The number of rotatable bonds is 3. The van der Waals surface area contributed by atoms with E-state index in [-0.39, 0.29) is 11.9 Å². The molecule has 0 saturated carbocycles. The highest BCUT2D eigenvalue weighted by Crippen LogP contribution is 2.39. The van der Waals surface area contributed by atoms with Gasteiger partial charge in [0.05, 0.1) is 35.2 Å². The van der Waals surface area contributed by atoms with Gasteiger partial charge >= 0.3 is 5.63 Å². The molecule has 32 heavy (non-hydrogen) atoms. The maximum absolute atomic E-state index is 13.5. The van der Waals surface area contributed by atoms with Gasteiger partial charge in [0, 0.05) is 11.9 Å². The molecule has 2 aromatic heterocycles. The standard InChI is InChI=1S/C25H23NO5S/c1-13-5-6-19-17(9-13)23-18(25(28)31-19)12-22(32-23)24(27)26-8-7-15-10-20(29-3)21(30-4)11-16(15)14(26)2/h5-6,9-12,14H,7-8H2,1-4H3/t14-/m1/s1. The minimum Gasteiger partial charge on any atom is -0.493 e. The average molecular weight is 450 g/mol. The van der Waals surface area contributed by atoms with Crippen molar-refractivity contribution in [2.75, 3.05) is 20.8 Å². The molecule has 0 N–H and O–H groups in total. The summed E-state index contributed by atoms with van der Waals surface area (Å²) in [5.74, 6) is 1.25. The molecule has 2 aromatic carbocycles. The molecule has 5 rings (SSSR count). The van der Waals surface area contributed by atoms with E-state index in [1.807, 2.05) is 43.0 Å². The first-order valence-corrected chi connectivity index (χ1v) is 11.3. The Morgan fingerprint density at radius 2 is 1.84 bits per heavy atom. The third-order valence-corrected chi connectivity index (χ3v) is 7.35. The number of aryl methyl sites for hydroxylation is 1. The number of hydrogen-bond donors (Lipinski definition) is 0. The Kier molecular flexibility index (Phi) is 4.93. The van der Waals surface area contributed by atoms with E-state index < -0.39 is 5.63 Å². The Labute approximate surface area is 189 Å². The van der Waals surface area contributed by atoms with Crippen molar-refractivity contribution < 1.29 is 18.7 Å². The van der Waals surface area contributed by atoms with Crippen molar-refractivity contribution in [1.29, 1.82) is 0 Å². The summed E-state index contributed by atoms with van der Waals surface area (Å²) in [5.41, 5.74) is 3.39. The van der Waals surface area contributed by atoms with E-state index in [4.69, 9.17) is 13.9 Å².